The Morgan fingerprint density at radius 3 is 2.62 bits per heavy atom. The Morgan fingerprint density at radius 1 is 1.17 bits per heavy atom. The van der Waals surface area contributed by atoms with Gasteiger partial charge in [-0.2, -0.15) is 0 Å². The summed E-state index contributed by atoms with van der Waals surface area (Å²) >= 11 is 0. The molecule has 1 N–H and O–H groups in total. The van der Waals surface area contributed by atoms with Gasteiger partial charge in [0.05, 0.1) is 6.04 Å². The molecule has 2 aliphatic rings. The van der Waals surface area contributed by atoms with E-state index in [1.807, 2.05) is 31.7 Å². The molecule has 0 spiro atoms. The van der Waals surface area contributed by atoms with Crippen molar-refractivity contribution in [3.63, 3.8) is 0 Å². The molecular formula is C20H30N2O2. The van der Waals surface area contributed by atoms with Gasteiger partial charge in [0.1, 0.15) is 5.60 Å². The van der Waals surface area contributed by atoms with Gasteiger partial charge in [-0.15, -0.1) is 0 Å². The maximum absolute atomic E-state index is 12.9. The SMILES string of the molecule is CC(C)(C)OC(=O)N1CCCCCC2NCC(c3ccccc3)C21. The van der Waals surface area contributed by atoms with E-state index in [0.717, 1.165) is 25.9 Å². The second kappa shape index (κ2) is 7.14. The Morgan fingerprint density at radius 2 is 1.92 bits per heavy atom. The van der Waals surface area contributed by atoms with Crippen molar-refractivity contribution in [3.05, 3.63) is 35.9 Å². The molecule has 1 amide bonds. The van der Waals surface area contributed by atoms with E-state index < -0.39 is 5.60 Å². The summed E-state index contributed by atoms with van der Waals surface area (Å²) in [5.74, 6) is 0.335. The highest BCUT2D eigenvalue weighted by molar-refractivity contribution is 5.69. The fourth-order valence-electron chi connectivity index (χ4n) is 4.03. The Hall–Kier alpha value is -1.55. The molecule has 3 unspecified atom stereocenters. The van der Waals surface area contributed by atoms with Crippen molar-refractivity contribution in [2.45, 2.75) is 70.1 Å². The number of hydrogen-bond donors (Lipinski definition) is 1. The first-order chi connectivity index (χ1) is 11.5. The van der Waals surface area contributed by atoms with Crippen LogP contribution in [-0.4, -0.2) is 41.8 Å². The lowest BCUT2D eigenvalue weighted by molar-refractivity contribution is 0.0109. The molecule has 0 saturated carbocycles. The lowest BCUT2D eigenvalue weighted by Crippen LogP contribution is -2.51. The fraction of sp³-hybridized carbons (Fsp3) is 0.650. The van der Waals surface area contributed by atoms with Gasteiger partial charge in [-0.3, -0.25) is 0 Å². The first-order valence-electron chi connectivity index (χ1n) is 9.24. The van der Waals surface area contributed by atoms with E-state index in [4.69, 9.17) is 4.74 Å². The van der Waals surface area contributed by atoms with Crippen molar-refractivity contribution < 1.29 is 9.53 Å². The Balaban J connectivity index is 1.87. The molecule has 0 bridgehead atoms. The number of benzene rings is 1. The Labute approximate surface area is 145 Å². The summed E-state index contributed by atoms with van der Waals surface area (Å²) < 4.78 is 5.73. The van der Waals surface area contributed by atoms with E-state index in [2.05, 4.69) is 29.6 Å². The number of ether oxygens (including phenoxy) is 1. The van der Waals surface area contributed by atoms with E-state index in [-0.39, 0.29) is 12.1 Å². The molecule has 132 valence electrons. The Bertz CT molecular complexity index is 553. The van der Waals surface area contributed by atoms with Gasteiger partial charge in [-0.1, -0.05) is 43.2 Å². The smallest absolute Gasteiger partial charge is 0.410 e. The molecule has 0 aromatic heterocycles. The molecule has 4 nitrogen and oxygen atoms in total. The second-order valence-corrected chi connectivity index (χ2v) is 8.05. The predicted molar refractivity (Wildman–Crippen MR) is 96.2 cm³/mol. The van der Waals surface area contributed by atoms with Crippen molar-refractivity contribution in [1.29, 1.82) is 0 Å². The van der Waals surface area contributed by atoms with Crippen LogP contribution in [0, 0.1) is 0 Å². The number of fused-ring (bicyclic) bond motifs is 1. The zero-order chi connectivity index (χ0) is 17.2. The molecular weight excluding hydrogens is 300 g/mol. The van der Waals surface area contributed by atoms with Gasteiger partial charge in [-0.25, -0.2) is 4.79 Å². The summed E-state index contributed by atoms with van der Waals surface area (Å²) in [5, 5.41) is 3.67. The standard InChI is InChI=1S/C20H30N2O2/c1-20(2,3)24-19(23)22-13-9-5-8-12-17-18(22)16(14-21-17)15-10-6-4-7-11-15/h4,6-7,10-11,16-18,21H,5,8-9,12-14H2,1-3H3. The zero-order valence-corrected chi connectivity index (χ0v) is 15.1. The monoisotopic (exact) mass is 330 g/mol. The number of carbonyl (C=O) groups is 1. The van der Waals surface area contributed by atoms with Crippen LogP contribution in [0.3, 0.4) is 0 Å². The first kappa shape index (κ1) is 17.3. The van der Waals surface area contributed by atoms with E-state index in [1.54, 1.807) is 0 Å². The topological polar surface area (TPSA) is 41.6 Å². The zero-order valence-electron chi connectivity index (χ0n) is 15.1. The van der Waals surface area contributed by atoms with Crippen LogP contribution in [0.15, 0.2) is 30.3 Å². The van der Waals surface area contributed by atoms with Gasteiger partial charge in [-0.05, 0) is 39.2 Å². The first-order valence-corrected chi connectivity index (χ1v) is 9.24. The van der Waals surface area contributed by atoms with E-state index in [1.165, 1.54) is 18.4 Å². The third-order valence-electron chi connectivity index (χ3n) is 5.05. The van der Waals surface area contributed by atoms with Crippen LogP contribution >= 0.6 is 0 Å². The van der Waals surface area contributed by atoms with E-state index >= 15 is 0 Å². The number of rotatable bonds is 1. The molecule has 3 rings (SSSR count). The van der Waals surface area contributed by atoms with Crippen LogP contribution in [0.25, 0.3) is 0 Å². The number of hydrogen-bond acceptors (Lipinski definition) is 3. The molecule has 3 atom stereocenters. The van der Waals surface area contributed by atoms with Gasteiger partial charge in [0.25, 0.3) is 0 Å². The fourth-order valence-corrected chi connectivity index (χ4v) is 4.03. The Kier molecular flexibility index (Phi) is 5.14. The average Bonchev–Trinajstić information content (AvgIpc) is 2.89. The maximum Gasteiger partial charge on any atom is 0.410 e. The third kappa shape index (κ3) is 3.92. The van der Waals surface area contributed by atoms with E-state index in [0.29, 0.717) is 12.0 Å². The molecule has 2 aliphatic heterocycles. The summed E-state index contributed by atoms with van der Waals surface area (Å²) in [7, 11) is 0. The van der Waals surface area contributed by atoms with Gasteiger partial charge >= 0.3 is 6.09 Å². The summed E-state index contributed by atoms with van der Waals surface area (Å²) in [6.45, 7) is 7.54. The number of amides is 1. The van der Waals surface area contributed by atoms with Crippen LogP contribution in [0.4, 0.5) is 4.79 Å². The normalized spacial score (nSPS) is 28.0. The molecule has 24 heavy (non-hydrogen) atoms. The summed E-state index contributed by atoms with van der Waals surface area (Å²) in [6, 6.07) is 11.1. The molecule has 2 heterocycles. The molecule has 2 fully saturated rings. The van der Waals surface area contributed by atoms with Crippen molar-refractivity contribution in [2.75, 3.05) is 13.1 Å². The van der Waals surface area contributed by atoms with Crippen LogP contribution in [-0.2, 0) is 4.74 Å². The average molecular weight is 330 g/mol. The minimum atomic E-state index is -0.455. The third-order valence-corrected chi connectivity index (χ3v) is 5.05. The second-order valence-electron chi connectivity index (χ2n) is 8.05. The van der Waals surface area contributed by atoms with E-state index in [9.17, 15) is 4.79 Å². The quantitative estimate of drug-likeness (QED) is 0.848. The van der Waals surface area contributed by atoms with Crippen LogP contribution in [0.1, 0.15) is 57.9 Å². The molecule has 1 aromatic carbocycles. The molecule has 1 aromatic rings. The van der Waals surface area contributed by atoms with Gasteiger partial charge in [0, 0.05) is 25.0 Å². The summed E-state index contributed by atoms with van der Waals surface area (Å²) in [6.07, 6.45) is 4.44. The lowest BCUT2D eigenvalue weighted by Gasteiger charge is -2.38. The molecule has 0 radical (unpaired) electrons. The lowest BCUT2D eigenvalue weighted by atomic mass is 9.87. The molecule has 0 aliphatic carbocycles. The van der Waals surface area contributed by atoms with Crippen LogP contribution in [0.2, 0.25) is 0 Å². The van der Waals surface area contributed by atoms with Crippen molar-refractivity contribution >= 4 is 6.09 Å². The number of nitrogens with zero attached hydrogens (tertiary/aromatic N) is 1. The van der Waals surface area contributed by atoms with Crippen LogP contribution in [0.5, 0.6) is 0 Å². The minimum absolute atomic E-state index is 0.163. The highest BCUT2D eigenvalue weighted by atomic mass is 16.6. The highest BCUT2D eigenvalue weighted by Crippen LogP contribution is 2.34. The molecule has 4 heteroatoms. The number of carbonyl (C=O) groups excluding carboxylic acids is 1. The largest absolute Gasteiger partial charge is 0.444 e. The van der Waals surface area contributed by atoms with Crippen molar-refractivity contribution in [1.82, 2.24) is 10.2 Å². The van der Waals surface area contributed by atoms with Gasteiger partial charge < -0.3 is 15.0 Å². The van der Waals surface area contributed by atoms with Crippen molar-refractivity contribution in [3.8, 4) is 0 Å². The number of nitrogens with one attached hydrogen (secondary N) is 1. The van der Waals surface area contributed by atoms with Crippen molar-refractivity contribution in [2.24, 2.45) is 0 Å². The van der Waals surface area contributed by atoms with Crippen LogP contribution < -0.4 is 5.32 Å². The maximum atomic E-state index is 12.9. The predicted octanol–water partition coefficient (Wildman–Crippen LogP) is 3.92. The highest BCUT2D eigenvalue weighted by Gasteiger charge is 2.43. The number of likely N-dealkylation sites (tertiary alicyclic amines) is 1. The van der Waals surface area contributed by atoms with Gasteiger partial charge in [0.2, 0.25) is 0 Å². The minimum Gasteiger partial charge on any atom is -0.444 e. The molecule has 2 saturated heterocycles. The summed E-state index contributed by atoms with van der Waals surface area (Å²) in [5.41, 5.74) is 0.857. The van der Waals surface area contributed by atoms with Gasteiger partial charge in [0.15, 0.2) is 0 Å². The summed E-state index contributed by atoms with van der Waals surface area (Å²) in [4.78, 5) is 14.9.